The van der Waals surface area contributed by atoms with Gasteiger partial charge in [-0.25, -0.2) is 0 Å². The summed E-state index contributed by atoms with van der Waals surface area (Å²) in [6.07, 6.45) is -4.66. The minimum Gasteiger partial charge on any atom is -0.457 e. The summed E-state index contributed by atoms with van der Waals surface area (Å²) in [6.45, 7) is 0.721. The van der Waals surface area contributed by atoms with Gasteiger partial charge in [-0.1, -0.05) is 12.1 Å². The number of rotatable bonds is 5. The third kappa shape index (κ3) is 4.97. The van der Waals surface area contributed by atoms with E-state index < -0.39 is 23.6 Å². The molecular weight excluding hydrogens is 411 g/mol. The fraction of sp³-hybridized carbons (Fsp3) is 0.238. The van der Waals surface area contributed by atoms with Crippen molar-refractivity contribution >= 4 is 22.8 Å². The number of carbonyl (C=O) groups excluding carboxylic acids is 1. The Kier molecular flexibility index (Phi) is 5.94. The molecule has 3 aromatic rings. The van der Waals surface area contributed by atoms with Crippen molar-refractivity contribution in [3.63, 3.8) is 0 Å². The van der Waals surface area contributed by atoms with Gasteiger partial charge in [-0.15, -0.1) is 0 Å². The van der Waals surface area contributed by atoms with Crippen LogP contribution in [0.3, 0.4) is 0 Å². The second kappa shape index (κ2) is 8.31. The lowest BCUT2D eigenvalue weighted by Gasteiger charge is -2.13. The van der Waals surface area contributed by atoms with Gasteiger partial charge < -0.3 is 20.4 Å². The third-order valence-corrected chi connectivity index (χ3v) is 4.57. The molecular formula is C21H22F3N5O2. The SMILES string of the molecule is CN(C)Cc1ccc(Oc2cc(C(F)(F)F)c3cc(C(=O)N(C)C(=N)N)[nH]c3c2)cc1. The zero-order valence-corrected chi connectivity index (χ0v) is 17.2. The summed E-state index contributed by atoms with van der Waals surface area (Å²) >= 11 is 0. The number of nitrogens with zero attached hydrogens (tertiary/aromatic N) is 2. The number of benzene rings is 2. The molecule has 4 N–H and O–H groups in total. The molecule has 0 saturated carbocycles. The fourth-order valence-electron chi connectivity index (χ4n) is 3.07. The van der Waals surface area contributed by atoms with Crippen molar-refractivity contribution < 1.29 is 22.7 Å². The van der Waals surface area contributed by atoms with E-state index in [1.807, 2.05) is 31.1 Å². The molecule has 3 rings (SSSR count). The summed E-state index contributed by atoms with van der Waals surface area (Å²) in [5, 5.41) is 7.15. The number of amides is 1. The van der Waals surface area contributed by atoms with Gasteiger partial charge in [0.1, 0.15) is 17.2 Å². The molecule has 0 aliphatic carbocycles. The highest BCUT2D eigenvalue weighted by atomic mass is 19.4. The first kappa shape index (κ1) is 22.2. The number of alkyl halides is 3. The van der Waals surface area contributed by atoms with Gasteiger partial charge in [0.25, 0.3) is 5.91 Å². The summed E-state index contributed by atoms with van der Waals surface area (Å²) in [7, 11) is 5.12. The standard InChI is InChI=1S/C21H22F3N5O2/c1-28(2)11-12-4-6-13(7-5-12)31-14-8-16(21(22,23)24)15-10-18(27-17(15)9-14)19(30)29(3)20(25)26/h4-10,27H,11H2,1-3H3,(H3,25,26). The smallest absolute Gasteiger partial charge is 0.417 e. The molecule has 0 saturated heterocycles. The minimum absolute atomic E-state index is 0.0269. The van der Waals surface area contributed by atoms with Crippen molar-refractivity contribution in [2.24, 2.45) is 5.73 Å². The van der Waals surface area contributed by atoms with Crippen molar-refractivity contribution in [2.45, 2.75) is 12.7 Å². The molecule has 0 aliphatic rings. The van der Waals surface area contributed by atoms with E-state index in [0.29, 0.717) is 5.75 Å². The quantitative estimate of drug-likeness (QED) is 0.418. The Balaban J connectivity index is 1.99. The predicted molar refractivity (Wildman–Crippen MR) is 111 cm³/mol. The number of guanidine groups is 1. The molecule has 7 nitrogen and oxygen atoms in total. The van der Waals surface area contributed by atoms with E-state index in [1.165, 1.54) is 13.1 Å². The number of nitrogens with one attached hydrogen (secondary N) is 2. The normalized spacial score (nSPS) is 11.7. The molecule has 0 aliphatic heterocycles. The lowest BCUT2D eigenvalue weighted by atomic mass is 10.1. The van der Waals surface area contributed by atoms with Crippen molar-refractivity contribution in [3.8, 4) is 11.5 Å². The van der Waals surface area contributed by atoms with Crippen molar-refractivity contribution in [2.75, 3.05) is 21.1 Å². The molecule has 1 aromatic heterocycles. The summed E-state index contributed by atoms with van der Waals surface area (Å²) in [5.41, 5.74) is 5.34. The number of H-pyrrole nitrogens is 1. The summed E-state index contributed by atoms with van der Waals surface area (Å²) < 4.78 is 46.7. The maximum absolute atomic E-state index is 13.7. The van der Waals surface area contributed by atoms with Gasteiger partial charge >= 0.3 is 6.18 Å². The van der Waals surface area contributed by atoms with Crippen LogP contribution in [-0.4, -0.2) is 47.8 Å². The van der Waals surface area contributed by atoms with Crippen LogP contribution in [0, 0.1) is 5.41 Å². The number of aromatic amines is 1. The number of ether oxygens (including phenoxy) is 1. The number of carbonyl (C=O) groups is 1. The van der Waals surface area contributed by atoms with Crippen LogP contribution in [0.5, 0.6) is 11.5 Å². The fourth-order valence-corrected chi connectivity index (χ4v) is 3.07. The first-order valence-electron chi connectivity index (χ1n) is 9.23. The third-order valence-electron chi connectivity index (χ3n) is 4.57. The molecule has 0 fully saturated rings. The van der Waals surface area contributed by atoms with Crippen LogP contribution in [0.4, 0.5) is 13.2 Å². The summed E-state index contributed by atoms with van der Waals surface area (Å²) in [5.74, 6) is -0.896. The van der Waals surface area contributed by atoms with E-state index in [1.54, 1.807) is 12.1 Å². The highest BCUT2D eigenvalue weighted by Crippen LogP contribution is 2.39. The van der Waals surface area contributed by atoms with E-state index in [2.05, 4.69) is 4.98 Å². The lowest BCUT2D eigenvalue weighted by Crippen LogP contribution is -2.38. The van der Waals surface area contributed by atoms with Crippen LogP contribution in [0.25, 0.3) is 10.9 Å². The number of nitrogens with two attached hydrogens (primary N) is 1. The number of aromatic nitrogens is 1. The zero-order valence-electron chi connectivity index (χ0n) is 17.2. The maximum atomic E-state index is 13.7. The lowest BCUT2D eigenvalue weighted by molar-refractivity contribution is -0.136. The Morgan fingerprint density at radius 3 is 2.29 bits per heavy atom. The van der Waals surface area contributed by atoms with Gasteiger partial charge in [-0.2, -0.15) is 13.2 Å². The summed E-state index contributed by atoms with van der Waals surface area (Å²) in [4.78, 5) is 17.8. The van der Waals surface area contributed by atoms with Crippen LogP contribution in [0.15, 0.2) is 42.5 Å². The van der Waals surface area contributed by atoms with Gasteiger partial charge in [0.15, 0.2) is 5.96 Å². The van der Waals surface area contributed by atoms with E-state index in [4.69, 9.17) is 15.9 Å². The van der Waals surface area contributed by atoms with E-state index in [9.17, 15) is 18.0 Å². The number of halogens is 3. The average molecular weight is 433 g/mol. The highest BCUT2D eigenvalue weighted by Gasteiger charge is 2.34. The first-order chi connectivity index (χ1) is 14.5. The van der Waals surface area contributed by atoms with Crippen LogP contribution in [-0.2, 0) is 12.7 Å². The molecule has 1 heterocycles. The Bertz CT molecular complexity index is 1120. The second-order valence-corrected chi connectivity index (χ2v) is 7.35. The first-order valence-corrected chi connectivity index (χ1v) is 9.23. The highest BCUT2D eigenvalue weighted by molar-refractivity contribution is 6.06. The Labute approximate surface area is 176 Å². The van der Waals surface area contributed by atoms with Crippen molar-refractivity contribution in [1.82, 2.24) is 14.8 Å². The van der Waals surface area contributed by atoms with E-state index in [-0.39, 0.29) is 22.3 Å². The van der Waals surface area contributed by atoms with Crippen LogP contribution in [0.1, 0.15) is 21.6 Å². The number of hydrogen-bond acceptors (Lipinski definition) is 4. The monoisotopic (exact) mass is 433 g/mol. The van der Waals surface area contributed by atoms with Crippen LogP contribution in [0.2, 0.25) is 0 Å². The van der Waals surface area contributed by atoms with E-state index >= 15 is 0 Å². The Morgan fingerprint density at radius 2 is 1.74 bits per heavy atom. The molecule has 0 atom stereocenters. The zero-order chi connectivity index (χ0) is 22.9. The Morgan fingerprint density at radius 1 is 1.10 bits per heavy atom. The van der Waals surface area contributed by atoms with Crippen molar-refractivity contribution in [1.29, 1.82) is 5.41 Å². The van der Waals surface area contributed by atoms with Gasteiger partial charge in [0.05, 0.1) is 11.1 Å². The van der Waals surface area contributed by atoms with Gasteiger partial charge in [-0.3, -0.25) is 15.1 Å². The molecule has 1 amide bonds. The molecule has 0 unspecified atom stereocenters. The largest absolute Gasteiger partial charge is 0.457 e. The van der Waals surface area contributed by atoms with Crippen molar-refractivity contribution in [3.05, 3.63) is 59.3 Å². The molecule has 0 radical (unpaired) electrons. The molecule has 2 aromatic carbocycles. The summed E-state index contributed by atoms with van der Waals surface area (Å²) in [6, 6.07) is 10.4. The van der Waals surface area contributed by atoms with E-state index in [0.717, 1.165) is 29.1 Å². The average Bonchev–Trinajstić information content (AvgIpc) is 3.10. The molecule has 10 heteroatoms. The molecule has 164 valence electrons. The maximum Gasteiger partial charge on any atom is 0.417 e. The van der Waals surface area contributed by atoms with Crippen LogP contribution >= 0.6 is 0 Å². The molecule has 31 heavy (non-hydrogen) atoms. The Hall–Kier alpha value is -3.53. The van der Waals surface area contributed by atoms with Crippen LogP contribution < -0.4 is 10.5 Å². The molecule has 0 bridgehead atoms. The van der Waals surface area contributed by atoms with Gasteiger partial charge in [0, 0.05) is 25.0 Å². The predicted octanol–water partition coefficient (Wildman–Crippen LogP) is 4.01. The topological polar surface area (TPSA) is 98.4 Å². The van der Waals surface area contributed by atoms with Gasteiger partial charge in [0.2, 0.25) is 0 Å². The number of fused-ring (bicyclic) bond motifs is 1. The molecule has 0 spiro atoms. The number of hydrogen-bond donors (Lipinski definition) is 3. The second-order valence-electron chi connectivity index (χ2n) is 7.35. The van der Waals surface area contributed by atoms with Gasteiger partial charge in [-0.05, 0) is 43.9 Å². The minimum atomic E-state index is -4.66.